The number of phenols is 1. The first kappa shape index (κ1) is 20.8. The average Bonchev–Trinajstić information content (AvgIpc) is 2.72. The Morgan fingerprint density at radius 2 is 1.86 bits per heavy atom. The molecule has 0 atom stereocenters. The molecule has 3 N–H and O–H groups in total. The number of hydrogen-bond acceptors (Lipinski definition) is 4. The van der Waals surface area contributed by atoms with Gasteiger partial charge in [0.25, 0.3) is 5.91 Å². The van der Waals surface area contributed by atoms with Crippen LogP contribution in [0.1, 0.15) is 24.5 Å². The largest absolute Gasteiger partial charge is 0.504 e. The van der Waals surface area contributed by atoms with Crippen LogP contribution in [0.3, 0.4) is 0 Å². The zero-order valence-corrected chi connectivity index (χ0v) is 15.9. The summed E-state index contributed by atoms with van der Waals surface area (Å²) in [6.07, 6.45) is 5.34. The fourth-order valence-electron chi connectivity index (χ4n) is 2.35. The zero-order chi connectivity index (χ0) is 20.4. The third-order valence-corrected chi connectivity index (χ3v) is 3.78. The summed E-state index contributed by atoms with van der Waals surface area (Å²) in [4.78, 5) is 24.7. The van der Waals surface area contributed by atoms with E-state index in [1.807, 2.05) is 37.3 Å². The summed E-state index contributed by atoms with van der Waals surface area (Å²) in [7, 11) is 1.44. The minimum absolute atomic E-state index is 0.00790. The van der Waals surface area contributed by atoms with Crippen molar-refractivity contribution < 1.29 is 19.4 Å². The highest BCUT2D eigenvalue weighted by Crippen LogP contribution is 2.27. The molecule has 0 aliphatic heterocycles. The maximum atomic E-state index is 12.4. The maximum absolute atomic E-state index is 12.4. The maximum Gasteiger partial charge on any atom is 0.267 e. The Morgan fingerprint density at radius 1 is 1.11 bits per heavy atom. The topological polar surface area (TPSA) is 87.7 Å². The molecule has 0 aliphatic rings. The number of amides is 2. The molecule has 0 radical (unpaired) electrons. The van der Waals surface area contributed by atoms with Crippen molar-refractivity contribution in [3.63, 3.8) is 0 Å². The zero-order valence-electron chi connectivity index (χ0n) is 15.9. The molecule has 0 aliphatic carbocycles. The average molecular weight is 380 g/mol. The first-order valence-electron chi connectivity index (χ1n) is 8.94. The van der Waals surface area contributed by atoms with Crippen LogP contribution >= 0.6 is 0 Å². The Balaban J connectivity index is 2.22. The van der Waals surface area contributed by atoms with Crippen molar-refractivity contribution in [3.05, 3.63) is 71.4 Å². The summed E-state index contributed by atoms with van der Waals surface area (Å²) in [6.45, 7) is 2.43. The first-order chi connectivity index (χ1) is 13.5. The van der Waals surface area contributed by atoms with Gasteiger partial charge in [-0.3, -0.25) is 9.59 Å². The Hall–Kier alpha value is -3.54. The van der Waals surface area contributed by atoms with Gasteiger partial charge in [-0.1, -0.05) is 43.3 Å². The van der Waals surface area contributed by atoms with E-state index in [0.717, 1.165) is 12.0 Å². The van der Waals surface area contributed by atoms with Crippen LogP contribution in [0.25, 0.3) is 12.2 Å². The first-order valence-corrected chi connectivity index (χ1v) is 8.94. The van der Waals surface area contributed by atoms with Gasteiger partial charge in [-0.2, -0.15) is 0 Å². The molecule has 2 aromatic rings. The minimum atomic E-state index is -0.424. The highest BCUT2D eigenvalue weighted by Gasteiger charge is 2.12. The minimum Gasteiger partial charge on any atom is -0.504 e. The predicted octanol–water partition coefficient (Wildman–Crippen LogP) is 3.10. The molecule has 0 spiro atoms. The van der Waals surface area contributed by atoms with E-state index in [2.05, 4.69) is 10.6 Å². The fourth-order valence-corrected chi connectivity index (χ4v) is 2.35. The van der Waals surface area contributed by atoms with E-state index in [4.69, 9.17) is 4.74 Å². The van der Waals surface area contributed by atoms with Crippen molar-refractivity contribution in [2.24, 2.45) is 0 Å². The molecule has 0 saturated heterocycles. The number of nitrogens with one attached hydrogen (secondary N) is 2. The van der Waals surface area contributed by atoms with Crippen LogP contribution in [-0.4, -0.2) is 30.6 Å². The van der Waals surface area contributed by atoms with E-state index in [9.17, 15) is 14.7 Å². The molecule has 6 nitrogen and oxygen atoms in total. The molecule has 28 heavy (non-hydrogen) atoms. The third kappa shape index (κ3) is 6.32. The number of benzene rings is 2. The summed E-state index contributed by atoms with van der Waals surface area (Å²) in [6, 6.07) is 14.0. The van der Waals surface area contributed by atoms with Crippen LogP contribution in [-0.2, 0) is 9.59 Å². The van der Waals surface area contributed by atoms with Crippen LogP contribution in [0.15, 0.2) is 60.3 Å². The monoisotopic (exact) mass is 380 g/mol. The Labute approximate surface area is 164 Å². The predicted molar refractivity (Wildman–Crippen MR) is 110 cm³/mol. The Morgan fingerprint density at radius 3 is 2.54 bits per heavy atom. The van der Waals surface area contributed by atoms with Crippen LogP contribution < -0.4 is 15.4 Å². The highest BCUT2D eigenvalue weighted by molar-refractivity contribution is 6.04. The van der Waals surface area contributed by atoms with Gasteiger partial charge in [-0.25, -0.2) is 0 Å². The van der Waals surface area contributed by atoms with Gasteiger partial charge in [-0.15, -0.1) is 0 Å². The number of methoxy groups -OCH3 is 1. The van der Waals surface area contributed by atoms with E-state index in [0.29, 0.717) is 12.1 Å². The third-order valence-electron chi connectivity index (χ3n) is 3.78. The van der Waals surface area contributed by atoms with Crippen LogP contribution in [0, 0.1) is 0 Å². The molecule has 2 amide bonds. The summed E-state index contributed by atoms with van der Waals surface area (Å²) in [5.74, 6) is -0.549. The van der Waals surface area contributed by atoms with Gasteiger partial charge >= 0.3 is 0 Å². The van der Waals surface area contributed by atoms with Crippen molar-refractivity contribution in [3.8, 4) is 11.5 Å². The quantitative estimate of drug-likeness (QED) is 0.614. The summed E-state index contributed by atoms with van der Waals surface area (Å²) in [5.41, 5.74) is 1.58. The molecule has 0 bridgehead atoms. The second kappa shape index (κ2) is 10.6. The SMILES string of the molecule is CCCNC(=O)/C(=C/c1ccc(O)c(OC)c1)NC(=O)/C=C\c1ccccc1. The van der Waals surface area contributed by atoms with Gasteiger partial charge in [0.15, 0.2) is 11.5 Å². The van der Waals surface area contributed by atoms with Crippen molar-refractivity contribution in [1.82, 2.24) is 10.6 Å². The molecule has 0 heterocycles. The van der Waals surface area contributed by atoms with E-state index < -0.39 is 11.8 Å². The van der Waals surface area contributed by atoms with Crippen molar-refractivity contribution >= 4 is 24.0 Å². The van der Waals surface area contributed by atoms with E-state index in [1.54, 1.807) is 18.2 Å². The molecule has 2 rings (SSSR count). The molecule has 0 saturated carbocycles. The van der Waals surface area contributed by atoms with E-state index in [1.165, 1.54) is 25.3 Å². The van der Waals surface area contributed by atoms with Crippen LogP contribution in [0.4, 0.5) is 0 Å². The van der Waals surface area contributed by atoms with Gasteiger partial charge in [0, 0.05) is 12.6 Å². The number of aromatic hydroxyl groups is 1. The summed E-state index contributed by atoms with van der Waals surface area (Å²) < 4.78 is 5.08. The normalized spacial score (nSPS) is 11.3. The number of ether oxygens (including phenoxy) is 1. The molecule has 2 aromatic carbocycles. The second-order valence-corrected chi connectivity index (χ2v) is 5.98. The Bertz CT molecular complexity index is 873. The van der Waals surface area contributed by atoms with Crippen molar-refractivity contribution in [1.29, 1.82) is 0 Å². The highest BCUT2D eigenvalue weighted by atomic mass is 16.5. The number of rotatable bonds is 8. The second-order valence-electron chi connectivity index (χ2n) is 5.98. The van der Waals surface area contributed by atoms with Gasteiger partial charge < -0.3 is 20.5 Å². The number of phenolic OH excluding ortho intramolecular Hbond substituents is 1. The molecular formula is C22H24N2O4. The number of hydrogen-bond donors (Lipinski definition) is 3. The van der Waals surface area contributed by atoms with Gasteiger partial charge in [0.1, 0.15) is 5.70 Å². The fraction of sp³-hybridized carbons (Fsp3) is 0.182. The lowest BCUT2D eigenvalue weighted by Crippen LogP contribution is -2.34. The smallest absolute Gasteiger partial charge is 0.267 e. The standard InChI is InChI=1S/C22H24N2O4/c1-3-13-23-22(27)18(14-17-9-11-19(25)20(15-17)28-2)24-21(26)12-10-16-7-5-4-6-8-16/h4-12,14-15,25H,3,13H2,1-2H3,(H,23,27)(H,24,26)/b12-10-,18-14-. The number of carbonyl (C=O) groups is 2. The van der Waals surface area contributed by atoms with Crippen LogP contribution in [0.5, 0.6) is 11.5 Å². The number of carbonyl (C=O) groups excluding carboxylic acids is 2. The summed E-state index contributed by atoms with van der Waals surface area (Å²) in [5, 5.41) is 15.1. The lowest BCUT2D eigenvalue weighted by molar-refractivity contribution is -0.121. The summed E-state index contributed by atoms with van der Waals surface area (Å²) >= 11 is 0. The van der Waals surface area contributed by atoms with Crippen LogP contribution in [0.2, 0.25) is 0 Å². The van der Waals surface area contributed by atoms with Crippen molar-refractivity contribution in [2.45, 2.75) is 13.3 Å². The van der Waals surface area contributed by atoms with E-state index >= 15 is 0 Å². The van der Waals surface area contributed by atoms with E-state index in [-0.39, 0.29) is 17.2 Å². The molecule has 6 heteroatoms. The van der Waals surface area contributed by atoms with Gasteiger partial charge in [-0.05, 0) is 41.8 Å². The molecule has 0 fully saturated rings. The molecule has 0 aromatic heterocycles. The molecule has 0 unspecified atom stereocenters. The van der Waals surface area contributed by atoms with Gasteiger partial charge in [0.05, 0.1) is 7.11 Å². The molecule has 146 valence electrons. The Kier molecular flexibility index (Phi) is 7.84. The lowest BCUT2D eigenvalue weighted by atomic mass is 10.1. The lowest BCUT2D eigenvalue weighted by Gasteiger charge is -2.10. The van der Waals surface area contributed by atoms with Gasteiger partial charge in [0.2, 0.25) is 5.91 Å². The van der Waals surface area contributed by atoms with Crippen molar-refractivity contribution in [2.75, 3.05) is 13.7 Å². The molecular weight excluding hydrogens is 356 g/mol.